The standard InChI is InChI=1S/C16H19F2N3/c17-16(18)21-10-9-19-15(21)11-20-14-8-4-7-13(14)12-5-2-1-3-6-12/h1-3,5-6,9-10,13-14,16,20H,4,7-8,11H2/t13-,14+/m0/s1. The Morgan fingerprint density at radius 1 is 1.24 bits per heavy atom. The van der Waals surface area contributed by atoms with Crippen LogP contribution >= 0.6 is 0 Å². The van der Waals surface area contributed by atoms with Crippen LogP contribution in [0, 0.1) is 0 Å². The topological polar surface area (TPSA) is 29.9 Å². The monoisotopic (exact) mass is 291 g/mol. The highest BCUT2D eigenvalue weighted by atomic mass is 19.3. The maximum absolute atomic E-state index is 12.8. The molecule has 0 saturated heterocycles. The van der Waals surface area contributed by atoms with Crippen molar-refractivity contribution in [1.29, 1.82) is 0 Å². The van der Waals surface area contributed by atoms with E-state index in [1.807, 2.05) is 18.2 Å². The molecule has 3 rings (SSSR count). The summed E-state index contributed by atoms with van der Waals surface area (Å²) in [6.07, 6.45) is 6.14. The largest absolute Gasteiger partial charge is 0.319 e. The minimum atomic E-state index is -2.53. The van der Waals surface area contributed by atoms with Crippen molar-refractivity contribution in [3.63, 3.8) is 0 Å². The highest BCUT2D eigenvalue weighted by Crippen LogP contribution is 2.34. The third-order valence-electron chi connectivity index (χ3n) is 4.23. The molecule has 2 atom stereocenters. The third kappa shape index (κ3) is 3.13. The average Bonchev–Trinajstić information content (AvgIpc) is 3.15. The summed E-state index contributed by atoms with van der Waals surface area (Å²) in [4.78, 5) is 4.02. The Bertz CT molecular complexity index is 568. The molecule has 3 nitrogen and oxygen atoms in total. The van der Waals surface area contributed by atoms with Crippen molar-refractivity contribution in [2.24, 2.45) is 0 Å². The lowest BCUT2D eigenvalue weighted by atomic mass is 9.94. The summed E-state index contributed by atoms with van der Waals surface area (Å²) in [5.74, 6) is 0.852. The van der Waals surface area contributed by atoms with Gasteiger partial charge >= 0.3 is 6.55 Å². The molecular formula is C16H19F2N3. The molecule has 1 aliphatic rings. The van der Waals surface area contributed by atoms with Crippen molar-refractivity contribution in [2.45, 2.75) is 44.3 Å². The Morgan fingerprint density at radius 3 is 2.81 bits per heavy atom. The summed E-state index contributed by atoms with van der Waals surface area (Å²) in [5, 5.41) is 3.41. The molecule has 1 aliphatic carbocycles. The van der Waals surface area contributed by atoms with Crippen LogP contribution in [0.15, 0.2) is 42.7 Å². The van der Waals surface area contributed by atoms with Gasteiger partial charge in [0.1, 0.15) is 5.82 Å². The fourth-order valence-corrected chi connectivity index (χ4v) is 3.18. The van der Waals surface area contributed by atoms with Crippen molar-refractivity contribution < 1.29 is 8.78 Å². The smallest absolute Gasteiger partial charge is 0.306 e. The Kier molecular flexibility index (Phi) is 4.29. The van der Waals surface area contributed by atoms with Crippen molar-refractivity contribution >= 4 is 0 Å². The van der Waals surface area contributed by atoms with Gasteiger partial charge in [-0.2, -0.15) is 8.78 Å². The molecule has 1 N–H and O–H groups in total. The summed E-state index contributed by atoms with van der Waals surface area (Å²) in [7, 11) is 0. The summed E-state index contributed by atoms with van der Waals surface area (Å²) >= 11 is 0. The molecule has 0 bridgehead atoms. The second kappa shape index (κ2) is 6.35. The van der Waals surface area contributed by atoms with E-state index in [0.717, 1.165) is 17.4 Å². The second-order valence-corrected chi connectivity index (χ2v) is 5.46. The van der Waals surface area contributed by atoms with Gasteiger partial charge in [-0.05, 0) is 24.3 Å². The SMILES string of the molecule is FC(F)n1ccnc1CN[C@@H]1CCC[C@H]1c1ccccc1. The number of nitrogens with one attached hydrogen (secondary N) is 1. The predicted molar refractivity (Wildman–Crippen MR) is 77.1 cm³/mol. The van der Waals surface area contributed by atoms with Crippen LogP contribution in [0.3, 0.4) is 0 Å². The predicted octanol–water partition coefficient (Wildman–Crippen LogP) is 3.70. The summed E-state index contributed by atoms with van der Waals surface area (Å²) in [6, 6.07) is 10.7. The Labute approximate surface area is 123 Å². The molecule has 1 aromatic carbocycles. The Hall–Kier alpha value is -1.75. The number of rotatable bonds is 5. The molecule has 1 heterocycles. The molecule has 0 radical (unpaired) electrons. The number of imidazole rings is 1. The highest BCUT2D eigenvalue weighted by Gasteiger charge is 2.28. The molecule has 1 saturated carbocycles. The van der Waals surface area contributed by atoms with E-state index in [1.165, 1.54) is 24.4 Å². The zero-order valence-electron chi connectivity index (χ0n) is 11.8. The van der Waals surface area contributed by atoms with E-state index in [2.05, 4.69) is 22.4 Å². The van der Waals surface area contributed by atoms with Crippen LogP contribution in [-0.2, 0) is 6.54 Å². The Morgan fingerprint density at radius 2 is 2.05 bits per heavy atom. The lowest BCUT2D eigenvalue weighted by molar-refractivity contribution is 0.0664. The molecule has 5 heteroatoms. The minimum absolute atomic E-state index is 0.329. The number of benzene rings is 1. The van der Waals surface area contributed by atoms with Crippen LogP contribution in [-0.4, -0.2) is 15.6 Å². The quantitative estimate of drug-likeness (QED) is 0.910. The first kappa shape index (κ1) is 14.2. The van der Waals surface area contributed by atoms with Gasteiger partial charge in [-0.1, -0.05) is 36.8 Å². The van der Waals surface area contributed by atoms with Gasteiger partial charge in [0.25, 0.3) is 0 Å². The normalized spacial score (nSPS) is 22.0. The van der Waals surface area contributed by atoms with Gasteiger partial charge < -0.3 is 5.32 Å². The van der Waals surface area contributed by atoms with E-state index in [-0.39, 0.29) is 0 Å². The lowest BCUT2D eigenvalue weighted by Crippen LogP contribution is -2.31. The maximum atomic E-state index is 12.8. The van der Waals surface area contributed by atoms with Gasteiger partial charge in [-0.15, -0.1) is 0 Å². The third-order valence-corrected chi connectivity index (χ3v) is 4.23. The summed E-state index contributed by atoms with van der Waals surface area (Å²) < 4.78 is 26.5. The van der Waals surface area contributed by atoms with Crippen LogP contribution in [0.5, 0.6) is 0 Å². The molecule has 0 aliphatic heterocycles. The zero-order valence-corrected chi connectivity index (χ0v) is 11.8. The molecule has 2 aromatic rings. The van der Waals surface area contributed by atoms with Gasteiger partial charge in [0.05, 0.1) is 6.54 Å². The van der Waals surface area contributed by atoms with Crippen LogP contribution in [0.2, 0.25) is 0 Å². The maximum Gasteiger partial charge on any atom is 0.319 e. The second-order valence-electron chi connectivity index (χ2n) is 5.46. The van der Waals surface area contributed by atoms with Crippen LogP contribution in [0.25, 0.3) is 0 Å². The van der Waals surface area contributed by atoms with Crippen LogP contribution in [0.1, 0.15) is 43.1 Å². The van der Waals surface area contributed by atoms with E-state index in [4.69, 9.17) is 0 Å². The van der Waals surface area contributed by atoms with Crippen molar-refractivity contribution in [3.8, 4) is 0 Å². The average molecular weight is 291 g/mol. The van der Waals surface area contributed by atoms with Gasteiger partial charge in [0, 0.05) is 18.4 Å². The van der Waals surface area contributed by atoms with Crippen molar-refractivity contribution in [2.75, 3.05) is 0 Å². The van der Waals surface area contributed by atoms with Gasteiger partial charge in [-0.25, -0.2) is 4.98 Å². The van der Waals surface area contributed by atoms with E-state index in [9.17, 15) is 8.78 Å². The van der Waals surface area contributed by atoms with Gasteiger partial charge in [0.15, 0.2) is 0 Å². The number of hydrogen-bond acceptors (Lipinski definition) is 2. The highest BCUT2D eigenvalue weighted by molar-refractivity contribution is 5.22. The minimum Gasteiger partial charge on any atom is -0.306 e. The fourth-order valence-electron chi connectivity index (χ4n) is 3.18. The number of nitrogens with zero attached hydrogens (tertiary/aromatic N) is 2. The molecule has 0 unspecified atom stereocenters. The number of aromatic nitrogens is 2. The first-order chi connectivity index (χ1) is 10.3. The first-order valence-electron chi connectivity index (χ1n) is 7.34. The first-order valence-corrected chi connectivity index (χ1v) is 7.34. The Balaban J connectivity index is 1.66. The lowest BCUT2D eigenvalue weighted by Gasteiger charge is -2.21. The van der Waals surface area contributed by atoms with E-state index >= 15 is 0 Å². The number of halogens is 2. The molecule has 21 heavy (non-hydrogen) atoms. The van der Waals surface area contributed by atoms with Crippen LogP contribution in [0.4, 0.5) is 8.78 Å². The molecule has 1 fully saturated rings. The molecule has 0 spiro atoms. The van der Waals surface area contributed by atoms with E-state index in [1.54, 1.807) is 0 Å². The molecule has 112 valence electrons. The van der Waals surface area contributed by atoms with Gasteiger partial charge in [0.2, 0.25) is 0 Å². The van der Waals surface area contributed by atoms with Crippen molar-refractivity contribution in [1.82, 2.24) is 14.9 Å². The van der Waals surface area contributed by atoms with E-state index in [0.29, 0.717) is 24.3 Å². The summed E-state index contributed by atoms with van der Waals surface area (Å²) in [6.45, 7) is -2.15. The molecule has 0 amide bonds. The fraction of sp³-hybridized carbons (Fsp3) is 0.438. The number of hydrogen-bond donors (Lipinski definition) is 1. The number of alkyl halides is 2. The van der Waals surface area contributed by atoms with Crippen molar-refractivity contribution in [3.05, 3.63) is 54.1 Å². The van der Waals surface area contributed by atoms with Crippen LogP contribution < -0.4 is 5.32 Å². The summed E-state index contributed by atoms with van der Waals surface area (Å²) in [5.41, 5.74) is 1.32. The molecule has 1 aromatic heterocycles. The zero-order chi connectivity index (χ0) is 14.7. The van der Waals surface area contributed by atoms with Gasteiger partial charge in [-0.3, -0.25) is 4.57 Å². The van der Waals surface area contributed by atoms with E-state index < -0.39 is 6.55 Å². The molecular weight excluding hydrogens is 272 g/mol.